The maximum absolute atomic E-state index is 11.4. The second-order valence-electron chi connectivity index (χ2n) is 6.69. The van der Waals surface area contributed by atoms with E-state index in [0.29, 0.717) is 33.0 Å². The lowest BCUT2D eigenvalue weighted by molar-refractivity contribution is -0.275. The molecule has 1 saturated heterocycles. The number of nitrogens with zero attached hydrogens (tertiary/aromatic N) is 3. The molecule has 166 valence electrons. The fourth-order valence-corrected chi connectivity index (χ4v) is 2.85. The molecule has 5 atom stereocenters. The maximum atomic E-state index is 11.4. The van der Waals surface area contributed by atoms with Gasteiger partial charge in [-0.05, 0) is 5.53 Å². The van der Waals surface area contributed by atoms with Crippen LogP contribution in [0.4, 0.5) is 0 Å². The molecule has 0 aromatic rings. The van der Waals surface area contributed by atoms with Crippen LogP contribution in [-0.2, 0) is 38.0 Å². The van der Waals surface area contributed by atoms with Crippen molar-refractivity contribution < 1.29 is 38.0 Å². The van der Waals surface area contributed by atoms with E-state index < -0.39 is 30.4 Å². The summed E-state index contributed by atoms with van der Waals surface area (Å²) in [5, 5.41) is 3.36. The highest BCUT2D eigenvalue weighted by atomic mass is 16.7. The topological polar surface area (TPSA) is 138 Å². The average Bonchev–Trinajstić information content (AvgIpc) is 2.67. The van der Waals surface area contributed by atoms with Crippen molar-refractivity contribution in [3.63, 3.8) is 0 Å². The molecule has 0 aromatic heterocycles. The normalized spacial score (nSPS) is 26.4. The molecule has 29 heavy (non-hydrogen) atoms. The largest absolute Gasteiger partial charge is 0.463 e. The molecule has 0 amide bonds. The fourth-order valence-electron chi connectivity index (χ4n) is 2.85. The summed E-state index contributed by atoms with van der Waals surface area (Å²) in [6, 6.07) is 0. The second kappa shape index (κ2) is 14.1. The zero-order valence-electron chi connectivity index (χ0n) is 17.4. The Kier molecular flexibility index (Phi) is 12.2. The smallest absolute Gasteiger partial charge is 0.303 e. The van der Waals surface area contributed by atoms with Crippen LogP contribution in [0.25, 0.3) is 10.4 Å². The molecule has 0 radical (unpaired) electrons. The van der Waals surface area contributed by atoms with Crippen LogP contribution in [0.15, 0.2) is 5.11 Å². The first-order valence-corrected chi connectivity index (χ1v) is 9.60. The van der Waals surface area contributed by atoms with Gasteiger partial charge in [0.05, 0.1) is 33.0 Å². The van der Waals surface area contributed by atoms with Gasteiger partial charge < -0.3 is 28.4 Å². The van der Waals surface area contributed by atoms with Gasteiger partial charge in [0.25, 0.3) is 0 Å². The van der Waals surface area contributed by atoms with Crippen LogP contribution >= 0.6 is 0 Å². The van der Waals surface area contributed by atoms with Gasteiger partial charge in [-0.15, -0.1) is 0 Å². The Morgan fingerprint density at radius 1 is 1.00 bits per heavy atom. The quantitative estimate of drug-likeness (QED) is 0.145. The monoisotopic (exact) mass is 417 g/mol. The SMILES string of the molecule is CC(=O)OCC1O[C@@H](OCCOCCOCCN=[N+]=[N-])C(C)[C@@H](C)[C@H]1OC(C)=O. The lowest BCUT2D eigenvalue weighted by Gasteiger charge is -2.43. The minimum absolute atomic E-state index is 0.0200. The first-order valence-electron chi connectivity index (χ1n) is 9.60. The Morgan fingerprint density at radius 3 is 2.28 bits per heavy atom. The van der Waals surface area contributed by atoms with E-state index in [4.69, 9.17) is 34.0 Å². The first-order chi connectivity index (χ1) is 13.9. The molecule has 0 aromatic carbocycles. The maximum Gasteiger partial charge on any atom is 0.303 e. The van der Waals surface area contributed by atoms with Crippen LogP contribution in [0.5, 0.6) is 0 Å². The minimum Gasteiger partial charge on any atom is -0.463 e. The molecule has 0 spiro atoms. The summed E-state index contributed by atoms with van der Waals surface area (Å²) < 4.78 is 32.8. The summed E-state index contributed by atoms with van der Waals surface area (Å²) in [6.07, 6.45) is -1.68. The van der Waals surface area contributed by atoms with Crippen LogP contribution in [0.2, 0.25) is 0 Å². The number of azide groups is 1. The van der Waals surface area contributed by atoms with Crippen molar-refractivity contribution in [3.8, 4) is 0 Å². The van der Waals surface area contributed by atoms with E-state index in [1.165, 1.54) is 13.8 Å². The van der Waals surface area contributed by atoms with Gasteiger partial charge in [-0.2, -0.15) is 0 Å². The molecule has 1 aliphatic rings. The van der Waals surface area contributed by atoms with E-state index in [9.17, 15) is 9.59 Å². The number of esters is 2. The summed E-state index contributed by atoms with van der Waals surface area (Å²) in [5.41, 5.74) is 8.14. The third kappa shape index (κ3) is 9.91. The Balaban J connectivity index is 2.39. The molecular weight excluding hydrogens is 386 g/mol. The van der Waals surface area contributed by atoms with Gasteiger partial charge in [-0.25, -0.2) is 0 Å². The molecule has 11 heteroatoms. The molecule has 0 bridgehead atoms. The summed E-state index contributed by atoms with van der Waals surface area (Å²) in [7, 11) is 0. The third-order valence-electron chi connectivity index (χ3n) is 4.49. The predicted molar refractivity (Wildman–Crippen MR) is 101 cm³/mol. The van der Waals surface area contributed by atoms with Gasteiger partial charge in [0, 0.05) is 37.1 Å². The van der Waals surface area contributed by atoms with Crippen LogP contribution in [0.3, 0.4) is 0 Å². The van der Waals surface area contributed by atoms with Crippen molar-refractivity contribution in [1.29, 1.82) is 0 Å². The number of hydrogen-bond acceptors (Lipinski definition) is 9. The molecular formula is C18H31N3O8. The Morgan fingerprint density at radius 2 is 1.66 bits per heavy atom. The predicted octanol–water partition coefficient (Wildman–Crippen LogP) is 1.84. The van der Waals surface area contributed by atoms with Gasteiger partial charge in [0.2, 0.25) is 0 Å². The highest BCUT2D eigenvalue weighted by Gasteiger charge is 2.44. The van der Waals surface area contributed by atoms with E-state index in [2.05, 4.69) is 10.0 Å². The summed E-state index contributed by atoms with van der Waals surface area (Å²) >= 11 is 0. The zero-order valence-corrected chi connectivity index (χ0v) is 17.4. The summed E-state index contributed by atoms with van der Waals surface area (Å²) in [6.45, 7) is 8.59. The Hall–Kier alpha value is -1.91. The zero-order chi connectivity index (χ0) is 21.6. The molecule has 0 N–H and O–H groups in total. The van der Waals surface area contributed by atoms with Gasteiger partial charge >= 0.3 is 11.9 Å². The number of hydrogen-bond donors (Lipinski definition) is 0. The minimum atomic E-state index is -0.607. The second-order valence-corrected chi connectivity index (χ2v) is 6.69. The van der Waals surface area contributed by atoms with Crippen molar-refractivity contribution in [2.24, 2.45) is 17.0 Å². The van der Waals surface area contributed by atoms with Gasteiger partial charge in [0.15, 0.2) is 6.29 Å². The van der Waals surface area contributed by atoms with Gasteiger partial charge in [0.1, 0.15) is 18.8 Å². The molecule has 2 unspecified atom stereocenters. The molecule has 1 rings (SSSR count). The van der Waals surface area contributed by atoms with Crippen LogP contribution in [0.1, 0.15) is 27.7 Å². The standard InChI is InChI=1S/C18H31N3O8/c1-12-13(2)18(26-10-9-25-8-7-24-6-5-20-21-19)29-16(11-27-14(3)22)17(12)28-15(4)23/h12-13,16-18H,5-11H2,1-4H3/t12-,13?,16?,17-,18-/m1/s1. The van der Waals surface area contributed by atoms with Gasteiger partial charge in [-0.3, -0.25) is 9.59 Å². The molecule has 0 aliphatic carbocycles. The fraction of sp³-hybridized carbons (Fsp3) is 0.889. The number of carbonyl (C=O) groups is 2. The highest BCUT2D eigenvalue weighted by Crippen LogP contribution is 2.33. The number of carbonyl (C=O) groups excluding carboxylic acids is 2. The number of ether oxygens (including phenoxy) is 6. The lowest BCUT2D eigenvalue weighted by Crippen LogP contribution is -2.53. The van der Waals surface area contributed by atoms with E-state index in [1.807, 2.05) is 13.8 Å². The Labute approximate surface area is 170 Å². The van der Waals surface area contributed by atoms with E-state index in [-0.39, 0.29) is 25.0 Å². The van der Waals surface area contributed by atoms with Crippen molar-refractivity contribution in [2.45, 2.75) is 46.2 Å². The van der Waals surface area contributed by atoms with E-state index in [0.717, 1.165) is 0 Å². The number of rotatable bonds is 13. The Bertz CT molecular complexity index is 555. The van der Waals surface area contributed by atoms with Crippen molar-refractivity contribution in [2.75, 3.05) is 46.2 Å². The molecule has 1 aliphatic heterocycles. The highest BCUT2D eigenvalue weighted by molar-refractivity contribution is 5.66. The van der Waals surface area contributed by atoms with Crippen molar-refractivity contribution in [1.82, 2.24) is 0 Å². The summed E-state index contributed by atoms with van der Waals surface area (Å²) in [4.78, 5) is 25.2. The van der Waals surface area contributed by atoms with Crippen LogP contribution in [0, 0.1) is 11.8 Å². The first kappa shape index (κ1) is 25.1. The molecule has 11 nitrogen and oxygen atoms in total. The third-order valence-corrected chi connectivity index (χ3v) is 4.49. The lowest BCUT2D eigenvalue weighted by atomic mass is 9.84. The molecule has 1 heterocycles. The summed E-state index contributed by atoms with van der Waals surface area (Å²) in [5.74, 6) is -0.950. The molecule has 0 saturated carbocycles. The van der Waals surface area contributed by atoms with Crippen molar-refractivity contribution >= 4 is 11.9 Å². The molecule has 1 fully saturated rings. The van der Waals surface area contributed by atoms with Crippen molar-refractivity contribution in [3.05, 3.63) is 10.4 Å². The van der Waals surface area contributed by atoms with E-state index in [1.54, 1.807) is 0 Å². The van der Waals surface area contributed by atoms with Gasteiger partial charge in [-0.1, -0.05) is 19.0 Å². The van der Waals surface area contributed by atoms with Crippen LogP contribution in [-0.4, -0.2) is 76.6 Å². The van der Waals surface area contributed by atoms with Crippen LogP contribution < -0.4 is 0 Å². The van der Waals surface area contributed by atoms with E-state index >= 15 is 0 Å². The average molecular weight is 417 g/mol.